The predicted octanol–water partition coefficient (Wildman–Crippen LogP) is 2.18. The molecule has 7 nitrogen and oxygen atoms in total. The van der Waals surface area contributed by atoms with Crippen LogP contribution in [0, 0.1) is 0 Å². The number of benzene rings is 2. The minimum atomic E-state index is -0.145. The first-order chi connectivity index (χ1) is 15.1. The van der Waals surface area contributed by atoms with Crippen molar-refractivity contribution in [2.75, 3.05) is 39.8 Å². The van der Waals surface area contributed by atoms with Gasteiger partial charge in [0.1, 0.15) is 18.1 Å². The van der Waals surface area contributed by atoms with Crippen LogP contribution in [0.4, 0.5) is 0 Å². The highest BCUT2D eigenvalue weighted by atomic mass is 16.5. The lowest BCUT2D eigenvalue weighted by Crippen LogP contribution is -2.47. The van der Waals surface area contributed by atoms with Crippen LogP contribution in [0.15, 0.2) is 42.5 Å². The molecule has 0 unspecified atom stereocenters. The topological polar surface area (TPSA) is 82.5 Å². The smallest absolute Gasteiger partial charge is 0.222 e. The third kappa shape index (κ3) is 6.95. The fraction of sp³-hybridized carbons (Fsp3) is 0.458. The van der Waals surface area contributed by atoms with Gasteiger partial charge in [0.25, 0.3) is 0 Å². The zero-order valence-corrected chi connectivity index (χ0v) is 18.1. The van der Waals surface area contributed by atoms with Crippen molar-refractivity contribution in [3.63, 3.8) is 0 Å². The van der Waals surface area contributed by atoms with Crippen molar-refractivity contribution in [3.05, 3.63) is 59.2 Å². The number of hydrogen-bond acceptors (Lipinski definition) is 6. The van der Waals surface area contributed by atoms with Gasteiger partial charge in [-0.1, -0.05) is 18.2 Å². The van der Waals surface area contributed by atoms with Gasteiger partial charge >= 0.3 is 0 Å². The van der Waals surface area contributed by atoms with Crippen LogP contribution in [-0.2, 0) is 24.6 Å². The summed E-state index contributed by atoms with van der Waals surface area (Å²) in [5.41, 5.74) is 2.31. The summed E-state index contributed by atoms with van der Waals surface area (Å²) in [7, 11) is 2.08. The first-order valence-electron chi connectivity index (χ1n) is 10.7. The van der Waals surface area contributed by atoms with E-state index in [0.29, 0.717) is 42.9 Å². The maximum absolute atomic E-state index is 12.3. The molecular formula is C24H32N2O5. The number of carbonyl (C=O) groups excluding carboxylic acids is 1. The van der Waals surface area contributed by atoms with E-state index in [1.807, 2.05) is 29.2 Å². The van der Waals surface area contributed by atoms with Crippen molar-refractivity contribution in [2.24, 2.45) is 0 Å². The van der Waals surface area contributed by atoms with Gasteiger partial charge < -0.3 is 29.5 Å². The molecule has 1 saturated heterocycles. The summed E-state index contributed by atoms with van der Waals surface area (Å²) in [5, 5.41) is 18.7. The molecule has 0 aromatic heterocycles. The van der Waals surface area contributed by atoms with Crippen molar-refractivity contribution in [1.82, 2.24) is 9.80 Å². The predicted molar refractivity (Wildman–Crippen MR) is 118 cm³/mol. The summed E-state index contributed by atoms with van der Waals surface area (Å²) >= 11 is 0. The first-order valence-corrected chi connectivity index (χ1v) is 10.7. The lowest BCUT2D eigenvalue weighted by molar-refractivity contribution is -0.133. The molecule has 0 bridgehead atoms. The highest BCUT2D eigenvalue weighted by molar-refractivity contribution is 5.76. The monoisotopic (exact) mass is 428 g/mol. The van der Waals surface area contributed by atoms with Gasteiger partial charge in [0, 0.05) is 32.6 Å². The molecule has 2 N–H and O–H groups in total. The Morgan fingerprint density at radius 2 is 1.68 bits per heavy atom. The zero-order valence-electron chi connectivity index (χ0n) is 18.1. The van der Waals surface area contributed by atoms with E-state index in [4.69, 9.17) is 9.47 Å². The summed E-state index contributed by atoms with van der Waals surface area (Å²) in [6, 6.07) is 13.0. The fourth-order valence-electron chi connectivity index (χ4n) is 3.51. The molecule has 1 aliphatic rings. The lowest BCUT2D eigenvalue weighted by atomic mass is 10.1. The van der Waals surface area contributed by atoms with Gasteiger partial charge in [-0.2, -0.15) is 0 Å². The van der Waals surface area contributed by atoms with Crippen LogP contribution < -0.4 is 9.47 Å². The molecule has 0 atom stereocenters. The summed E-state index contributed by atoms with van der Waals surface area (Å²) < 4.78 is 11.6. The van der Waals surface area contributed by atoms with Gasteiger partial charge in [0.15, 0.2) is 0 Å². The second kappa shape index (κ2) is 11.7. The minimum absolute atomic E-state index is 0.115. The van der Waals surface area contributed by atoms with Crippen molar-refractivity contribution in [2.45, 2.75) is 32.7 Å². The molecule has 1 amide bonds. The SMILES string of the molecule is CN1CCN(C(=O)CCCOc2cccc(COc3ccc(CO)c(CO)c3)c2)CC1. The van der Waals surface area contributed by atoms with Gasteiger partial charge in [0.2, 0.25) is 5.91 Å². The van der Waals surface area contributed by atoms with E-state index in [1.54, 1.807) is 18.2 Å². The van der Waals surface area contributed by atoms with Gasteiger partial charge in [-0.15, -0.1) is 0 Å². The largest absolute Gasteiger partial charge is 0.494 e. The molecule has 0 aliphatic carbocycles. The first kappa shape index (κ1) is 23.1. The van der Waals surface area contributed by atoms with Crippen LogP contribution in [0.5, 0.6) is 11.5 Å². The van der Waals surface area contributed by atoms with E-state index in [2.05, 4.69) is 11.9 Å². The molecule has 3 rings (SSSR count). The molecular weight excluding hydrogens is 396 g/mol. The minimum Gasteiger partial charge on any atom is -0.494 e. The number of amides is 1. The number of rotatable bonds is 10. The van der Waals surface area contributed by atoms with Crippen LogP contribution in [0.3, 0.4) is 0 Å². The number of piperazine rings is 1. The van der Waals surface area contributed by atoms with Gasteiger partial charge in [-0.05, 0) is 54.4 Å². The maximum atomic E-state index is 12.3. The van der Waals surface area contributed by atoms with E-state index >= 15 is 0 Å². The Kier molecular flexibility index (Phi) is 8.70. The highest BCUT2D eigenvalue weighted by Crippen LogP contribution is 2.21. The van der Waals surface area contributed by atoms with Gasteiger partial charge in [0.05, 0.1) is 19.8 Å². The molecule has 0 saturated carbocycles. The fourth-order valence-corrected chi connectivity index (χ4v) is 3.51. The molecule has 31 heavy (non-hydrogen) atoms. The normalized spacial score (nSPS) is 14.5. The number of ether oxygens (including phenoxy) is 2. The Hall–Kier alpha value is -2.61. The Balaban J connectivity index is 1.42. The summed E-state index contributed by atoms with van der Waals surface area (Å²) in [6.45, 7) is 4.08. The quantitative estimate of drug-likeness (QED) is 0.565. The van der Waals surface area contributed by atoms with Crippen LogP contribution in [-0.4, -0.2) is 65.8 Å². The lowest BCUT2D eigenvalue weighted by Gasteiger charge is -2.32. The molecule has 1 fully saturated rings. The van der Waals surface area contributed by atoms with E-state index in [9.17, 15) is 15.0 Å². The molecule has 1 aliphatic heterocycles. The Bertz CT molecular complexity index is 850. The van der Waals surface area contributed by atoms with Crippen LogP contribution in [0.25, 0.3) is 0 Å². The van der Waals surface area contributed by atoms with E-state index in [0.717, 1.165) is 37.5 Å². The average Bonchev–Trinajstić information content (AvgIpc) is 2.81. The van der Waals surface area contributed by atoms with Crippen molar-refractivity contribution >= 4 is 5.91 Å². The second-order valence-corrected chi connectivity index (χ2v) is 7.82. The molecule has 0 spiro atoms. The summed E-state index contributed by atoms with van der Waals surface area (Å²) in [5.74, 6) is 1.59. The molecule has 7 heteroatoms. The molecule has 2 aromatic carbocycles. The number of aliphatic hydroxyl groups is 2. The maximum Gasteiger partial charge on any atom is 0.222 e. The summed E-state index contributed by atoms with van der Waals surface area (Å²) in [4.78, 5) is 16.5. The standard InChI is InChI=1S/C24H32N2O5/c1-25-9-11-26(12-10-25)24(29)6-3-13-30-22-5-2-4-19(14-22)18-31-23-8-7-20(16-27)21(15-23)17-28/h2,4-5,7-8,14-15,27-28H,3,6,9-13,16-18H2,1H3. The molecule has 1 heterocycles. The van der Waals surface area contributed by atoms with E-state index in [-0.39, 0.29) is 19.1 Å². The van der Waals surface area contributed by atoms with Crippen LogP contribution in [0.1, 0.15) is 29.5 Å². The van der Waals surface area contributed by atoms with Gasteiger partial charge in [-0.25, -0.2) is 0 Å². The second-order valence-electron chi connectivity index (χ2n) is 7.82. The van der Waals surface area contributed by atoms with E-state index < -0.39 is 0 Å². The third-order valence-corrected chi connectivity index (χ3v) is 5.48. The van der Waals surface area contributed by atoms with Crippen LogP contribution in [0.2, 0.25) is 0 Å². The van der Waals surface area contributed by atoms with Crippen molar-refractivity contribution < 1.29 is 24.5 Å². The highest BCUT2D eigenvalue weighted by Gasteiger charge is 2.18. The van der Waals surface area contributed by atoms with E-state index in [1.165, 1.54) is 0 Å². The van der Waals surface area contributed by atoms with Crippen molar-refractivity contribution in [3.8, 4) is 11.5 Å². The molecule has 168 valence electrons. The Morgan fingerprint density at radius 1 is 0.935 bits per heavy atom. The summed E-state index contributed by atoms with van der Waals surface area (Å²) in [6.07, 6.45) is 1.19. The van der Waals surface area contributed by atoms with Crippen molar-refractivity contribution in [1.29, 1.82) is 0 Å². The third-order valence-electron chi connectivity index (χ3n) is 5.48. The average molecular weight is 429 g/mol. The Labute approximate surface area is 183 Å². The zero-order chi connectivity index (χ0) is 22.1. The number of likely N-dealkylation sites (N-methyl/N-ethyl adjacent to an activating group) is 1. The number of aliphatic hydroxyl groups excluding tert-OH is 2. The molecule has 2 aromatic rings. The molecule has 0 radical (unpaired) electrons. The number of carbonyl (C=O) groups is 1. The van der Waals surface area contributed by atoms with Crippen LogP contribution >= 0.6 is 0 Å². The Morgan fingerprint density at radius 3 is 2.42 bits per heavy atom. The van der Waals surface area contributed by atoms with Gasteiger partial charge in [-0.3, -0.25) is 4.79 Å². The number of nitrogens with zero attached hydrogens (tertiary/aromatic N) is 2. The number of hydrogen-bond donors (Lipinski definition) is 2.